The molecule has 0 amide bonds. The van der Waals surface area contributed by atoms with Crippen LogP contribution in [0.15, 0.2) is 18.2 Å². The molecule has 3 nitrogen and oxygen atoms in total. The van der Waals surface area contributed by atoms with Crippen LogP contribution >= 0.6 is 0 Å². The van der Waals surface area contributed by atoms with Crippen LogP contribution in [0.3, 0.4) is 0 Å². The second-order valence-electron chi connectivity index (χ2n) is 5.56. The van der Waals surface area contributed by atoms with Gasteiger partial charge in [0, 0.05) is 5.56 Å². The minimum absolute atomic E-state index is 0.0216. The van der Waals surface area contributed by atoms with Gasteiger partial charge in [-0.05, 0) is 37.0 Å². The van der Waals surface area contributed by atoms with Gasteiger partial charge in [-0.3, -0.25) is 0 Å². The third-order valence-electron chi connectivity index (χ3n) is 3.56. The van der Waals surface area contributed by atoms with Gasteiger partial charge in [-0.15, -0.1) is 0 Å². The molecule has 1 fully saturated rings. The van der Waals surface area contributed by atoms with Crippen LogP contribution in [-0.2, 0) is 15.3 Å². The van der Waals surface area contributed by atoms with Crippen LogP contribution in [0, 0.1) is 6.92 Å². The van der Waals surface area contributed by atoms with Gasteiger partial charge in [-0.1, -0.05) is 26.0 Å². The SMILES string of the molecule is Cc1ccc(C(C)C)cc1C1(C)OCC(N)CO1. The fraction of sp³-hybridized carbons (Fsp3) is 0.600. The van der Waals surface area contributed by atoms with Gasteiger partial charge >= 0.3 is 0 Å². The fourth-order valence-corrected chi connectivity index (χ4v) is 2.27. The third kappa shape index (κ3) is 2.58. The Morgan fingerprint density at radius 2 is 1.89 bits per heavy atom. The maximum atomic E-state index is 5.83. The van der Waals surface area contributed by atoms with E-state index in [1.807, 2.05) is 6.92 Å². The highest BCUT2D eigenvalue weighted by atomic mass is 16.7. The van der Waals surface area contributed by atoms with E-state index in [1.165, 1.54) is 11.1 Å². The molecule has 1 heterocycles. The normalized spacial score (nSPS) is 28.7. The van der Waals surface area contributed by atoms with Crippen molar-refractivity contribution < 1.29 is 9.47 Å². The zero-order chi connectivity index (χ0) is 13.3. The summed E-state index contributed by atoms with van der Waals surface area (Å²) in [7, 11) is 0. The maximum Gasteiger partial charge on any atom is 0.192 e. The second-order valence-corrected chi connectivity index (χ2v) is 5.56. The van der Waals surface area contributed by atoms with Crippen molar-refractivity contribution in [3.63, 3.8) is 0 Å². The minimum Gasteiger partial charge on any atom is -0.344 e. The molecule has 100 valence electrons. The summed E-state index contributed by atoms with van der Waals surface area (Å²) >= 11 is 0. The summed E-state index contributed by atoms with van der Waals surface area (Å²) in [6, 6.07) is 6.47. The number of nitrogens with two attached hydrogens (primary N) is 1. The highest BCUT2D eigenvalue weighted by molar-refractivity contribution is 5.35. The molecule has 0 aromatic heterocycles. The molecule has 1 aliphatic heterocycles. The van der Waals surface area contributed by atoms with Crippen molar-refractivity contribution in [1.82, 2.24) is 0 Å². The summed E-state index contributed by atoms with van der Waals surface area (Å²) in [5.41, 5.74) is 9.41. The Hall–Kier alpha value is -0.900. The molecule has 18 heavy (non-hydrogen) atoms. The minimum atomic E-state index is -0.662. The van der Waals surface area contributed by atoms with Crippen LogP contribution in [0.5, 0.6) is 0 Å². The molecule has 0 unspecified atom stereocenters. The lowest BCUT2D eigenvalue weighted by atomic mass is 9.93. The number of ether oxygens (including phenoxy) is 2. The second kappa shape index (κ2) is 5.00. The number of aryl methyl sites for hydroxylation is 1. The van der Waals surface area contributed by atoms with Crippen LogP contribution < -0.4 is 5.73 Å². The number of hydrogen-bond donors (Lipinski definition) is 1. The molecule has 2 N–H and O–H groups in total. The molecule has 0 radical (unpaired) electrons. The van der Waals surface area contributed by atoms with Gasteiger partial charge in [0.25, 0.3) is 0 Å². The molecule has 1 saturated heterocycles. The van der Waals surface area contributed by atoms with Crippen molar-refractivity contribution in [3.8, 4) is 0 Å². The summed E-state index contributed by atoms with van der Waals surface area (Å²) in [6.07, 6.45) is 0. The first-order valence-corrected chi connectivity index (χ1v) is 6.57. The molecule has 3 heteroatoms. The van der Waals surface area contributed by atoms with Gasteiger partial charge in [-0.2, -0.15) is 0 Å². The van der Waals surface area contributed by atoms with Gasteiger partial charge in [0.2, 0.25) is 0 Å². The first-order chi connectivity index (χ1) is 8.42. The van der Waals surface area contributed by atoms with E-state index in [1.54, 1.807) is 0 Å². The molecule has 1 aromatic rings. The topological polar surface area (TPSA) is 44.5 Å². The van der Waals surface area contributed by atoms with Crippen LogP contribution in [0.25, 0.3) is 0 Å². The maximum absolute atomic E-state index is 5.83. The molecule has 0 atom stereocenters. The van der Waals surface area contributed by atoms with E-state index in [4.69, 9.17) is 15.2 Å². The van der Waals surface area contributed by atoms with Crippen molar-refractivity contribution in [2.24, 2.45) is 5.73 Å². The van der Waals surface area contributed by atoms with Crippen LogP contribution in [0.1, 0.15) is 43.4 Å². The van der Waals surface area contributed by atoms with Gasteiger partial charge in [0.05, 0.1) is 19.3 Å². The fourth-order valence-electron chi connectivity index (χ4n) is 2.27. The number of rotatable bonds is 2. The quantitative estimate of drug-likeness (QED) is 0.876. The van der Waals surface area contributed by atoms with E-state index in [0.717, 1.165) is 5.56 Å². The average molecular weight is 249 g/mol. The molecule has 0 spiro atoms. The van der Waals surface area contributed by atoms with Crippen molar-refractivity contribution in [1.29, 1.82) is 0 Å². The summed E-state index contributed by atoms with van der Waals surface area (Å²) in [5, 5.41) is 0. The van der Waals surface area contributed by atoms with E-state index in [2.05, 4.69) is 39.0 Å². The smallest absolute Gasteiger partial charge is 0.192 e. The molecule has 2 rings (SSSR count). The number of hydrogen-bond acceptors (Lipinski definition) is 3. The van der Waals surface area contributed by atoms with Crippen molar-refractivity contribution >= 4 is 0 Å². The molecule has 0 aliphatic carbocycles. The summed E-state index contributed by atoms with van der Waals surface area (Å²) in [5.74, 6) is -0.163. The Morgan fingerprint density at radius 3 is 2.44 bits per heavy atom. The Bertz CT molecular complexity index is 421. The van der Waals surface area contributed by atoms with Crippen molar-refractivity contribution in [2.75, 3.05) is 13.2 Å². The van der Waals surface area contributed by atoms with Crippen LogP contribution in [0.2, 0.25) is 0 Å². The standard InChI is InChI=1S/C15H23NO2/c1-10(2)12-6-5-11(3)14(7-12)15(4)17-8-13(16)9-18-15/h5-7,10,13H,8-9,16H2,1-4H3. The van der Waals surface area contributed by atoms with Crippen LogP contribution in [0.4, 0.5) is 0 Å². The molecular weight excluding hydrogens is 226 g/mol. The van der Waals surface area contributed by atoms with E-state index < -0.39 is 5.79 Å². The first kappa shape index (κ1) is 13.5. The Morgan fingerprint density at radius 1 is 1.28 bits per heavy atom. The van der Waals surface area contributed by atoms with E-state index in [-0.39, 0.29) is 6.04 Å². The Balaban J connectivity index is 2.34. The number of benzene rings is 1. The van der Waals surface area contributed by atoms with E-state index in [0.29, 0.717) is 19.1 Å². The summed E-state index contributed by atoms with van der Waals surface area (Å²) in [4.78, 5) is 0. The highest BCUT2D eigenvalue weighted by Gasteiger charge is 2.35. The molecule has 1 aromatic carbocycles. The highest BCUT2D eigenvalue weighted by Crippen LogP contribution is 2.33. The lowest BCUT2D eigenvalue weighted by Gasteiger charge is -2.38. The Kier molecular flexibility index (Phi) is 3.76. The van der Waals surface area contributed by atoms with Gasteiger partial charge in [-0.25, -0.2) is 0 Å². The predicted molar refractivity (Wildman–Crippen MR) is 72.5 cm³/mol. The van der Waals surface area contributed by atoms with E-state index in [9.17, 15) is 0 Å². The van der Waals surface area contributed by atoms with Gasteiger partial charge in [0.15, 0.2) is 5.79 Å². The third-order valence-corrected chi connectivity index (χ3v) is 3.56. The molecule has 1 aliphatic rings. The largest absolute Gasteiger partial charge is 0.344 e. The molecule has 0 saturated carbocycles. The zero-order valence-electron chi connectivity index (χ0n) is 11.7. The van der Waals surface area contributed by atoms with Crippen LogP contribution in [-0.4, -0.2) is 19.3 Å². The molecule has 0 bridgehead atoms. The summed E-state index contributed by atoms with van der Waals surface area (Å²) in [6.45, 7) is 9.53. The lowest BCUT2D eigenvalue weighted by molar-refractivity contribution is -0.270. The average Bonchev–Trinajstić information content (AvgIpc) is 2.33. The van der Waals surface area contributed by atoms with Gasteiger partial charge in [0.1, 0.15) is 0 Å². The lowest BCUT2D eigenvalue weighted by Crippen LogP contribution is -2.46. The van der Waals surface area contributed by atoms with Gasteiger partial charge < -0.3 is 15.2 Å². The van der Waals surface area contributed by atoms with E-state index >= 15 is 0 Å². The first-order valence-electron chi connectivity index (χ1n) is 6.57. The zero-order valence-corrected chi connectivity index (χ0v) is 11.7. The predicted octanol–water partition coefficient (Wildman–Crippen LogP) is 2.67. The Labute approximate surface area is 109 Å². The van der Waals surface area contributed by atoms with Crippen molar-refractivity contribution in [3.05, 3.63) is 34.9 Å². The van der Waals surface area contributed by atoms with Crippen molar-refractivity contribution in [2.45, 2.75) is 45.4 Å². The monoisotopic (exact) mass is 249 g/mol. The summed E-state index contributed by atoms with van der Waals surface area (Å²) < 4.78 is 11.7. The molecular formula is C15H23NO2.